The summed E-state index contributed by atoms with van der Waals surface area (Å²) in [4.78, 5) is 0. The minimum Gasteiger partial charge on any atom is -0.103 e. The normalized spacial score (nSPS) is 41.8. The van der Waals surface area contributed by atoms with E-state index in [1.807, 2.05) is 0 Å². The molecule has 0 nitrogen and oxygen atoms in total. The monoisotopic (exact) mass is 488 g/mol. The van der Waals surface area contributed by atoms with Crippen molar-refractivity contribution in [3.8, 4) is 0 Å². The van der Waals surface area contributed by atoms with Crippen molar-refractivity contribution in [3.05, 3.63) is 60.8 Å². The molecule has 0 aromatic rings. The zero-order valence-corrected chi connectivity index (χ0v) is 25.1. The Morgan fingerprint density at radius 3 is 2.31 bits per heavy atom. The second-order valence-corrected chi connectivity index (χ2v) is 15.5. The van der Waals surface area contributed by atoms with Crippen LogP contribution < -0.4 is 0 Å². The standard InChI is InChI=1S/C36H56/c1-12-14-17-36-19-15-27-31(28(36)24-32(6,7)20-21-36)26(5)22-30-34(27,10)18-16-29(33(8,9)13-2)35(30,11)23-25(3)4/h12-13,22-23,27-29,31H,1-2,5,14-21,24H2,3-4,6-11H3. The Balaban J connectivity index is 1.85. The van der Waals surface area contributed by atoms with Crippen LogP contribution in [0.5, 0.6) is 0 Å². The molecule has 0 bridgehead atoms. The average molecular weight is 489 g/mol. The molecule has 36 heavy (non-hydrogen) atoms. The molecule has 0 saturated heterocycles. The van der Waals surface area contributed by atoms with Crippen molar-refractivity contribution in [3.63, 3.8) is 0 Å². The highest BCUT2D eigenvalue weighted by molar-refractivity contribution is 5.44. The van der Waals surface area contributed by atoms with Crippen LogP contribution in [0.25, 0.3) is 0 Å². The van der Waals surface area contributed by atoms with Gasteiger partial charge in [0.1, 0.15) is 0 Å². The Bertz CT molecular complexity index is 964. The molecule has 3 saturated carbocycles. The summed E-state index contributed by atoms with van der Waals surface area (Å²) in [5, 5.41) is 0. The molecular weight excluding hydrogens is 432 g/mol. The van der Waals surface area contributed by atoms with Gasteiger partial charge in [0.2, 0.25) is 0 Å². The third-order valence-corrected chi connectivity index (χ3v) is 12.0. The van der Waals surface area contributed by atoms with Crippen LogP contribution in [-0.4, -0.2) is 0 Å². The van der Waals surface area contributed by atoms with E-state index in [-0.39, 0.29) is 16.2 Å². The van der Waals surface area contributed by atoms with Gasteiger partial charge in [-0.3, -0.25) is 0 Å². The van der Waals surface area contributed by atoms with Crippen LogP contribution in [-0.2, 0) is 0 Å². The van der Waals surface area contributed by atoms with Crippen LogP contribution in [0, 0.1) is 50.7 Å². The predicted molar refractivity (Wildman–Crippen MR) is 159 cm³/mol. The molecule has 0 radical (unpaired) electrons. The largest absolute Gasteiger partial charge is 0.103 e. The Hall–Kier alpha value is -1.30. The number of hydrogen-bond acceptors (Lipinski definition) is 0. The molecular formula is C36H56. The van der Waals surface area contributed by atoms with Gasteiger partial charge in [-0.1, -0.05) is 89.1 Å². The maximum Gasteiger partial charge on any atom is 0.0110 e. The van der Waals surface area contributed by atoms with Gasteiger partial charge in [0, 0.05) is 5.41 Å². The lowest BCUT2D eigenvalue weighted by molar-refractivity contribution is -0.0972. The van der Waals surface area contributed by atoms with Crippen molar-refractivity contribution in [2.45, 2.75) is 113 Å². The van der Waals surface area contributed by atoms with Gasteiger partial charge in [-0.15, -0.1) is 13.2 Å². The lowest BCUT2D eigenvalue weighted by Gasteiger charge is -2.66. The minimum absolute atomic E-state index is 0.0423. The number of rotatable bonds is 6. The fourth-order valence-electron chi connectivity index (χ4n) is 10.2. The Kier molecular flexibility index (Phi) is 7.06. The summed E-state index contributed by atoms with van der Waals surface area (Å²) >= 11 is 0. The smallest absolute Gasteiger partial charge is 0.0110 e. The van der Waals surface area contributed by atoms with Crippen molar-refractivity contribution in [1.82, 2.24) is 0 Å². The van der Waals surface area contributed by atoms with Gasteiger partial charge in [-0.05, 0) is 117 Å². The molecule has 7 atom stereocenters. The quantitative estimate of drug-likeness (QED) is 0.326. The molecule has 0 aliphatic heterocycles. The molecule has 3 fully saturated rings. The summed E-state index contributed by atoms with van der Waals surface area (Å²) < 4.78 is 0. The number of allylic oxidation sites excluding steroid dienone is 7. The lowest BCUT2D eigenvalue weighted by Crippen LogP contribution is -2.57. The Morgan fingerprint density at radius 2 is 1.69 bits per heavy atom. The zero-order chi connectivity index (χ0) is 26.7. The fourth-order valence-corrected chi connectivity index (χ4v) is 10.2. The van der Waals surface area contributed by atoms with Crippen LogP contribution in [0.15, 0.2) is 60.8 Å². The van der Waals surface area contributed by atoms with E-state index in [0.717, 1.165) is 18.3 Å². The summed E-state index contributed by atoms with van der Waals surface area (Å²) in [6, 6.07) is 0. The number of hydrogen-bond donors (Lipinski definition) is 0. The summed E-state index contributed by atoms with van der Waals surface area (Å²) in [5.41, 5.74) is 5.89. The molecule has 4 aliphatic carbocycles. The van der Waals surface area contributed by atoms with E-state index in [1.165, 1.54) is 62.5 Å². The van der Waals surface area contributed by atoms with Gasteiger partial charge in [0.15, 0.2) is 0 Å². The number of fused-ring (bicyclic) bond motifs is 5. The molecule has 0 heteroatoms. The van der Waals surface area contributed by atoms with E-state index >= 15 is 0 Å². The highest BCUT2D eigenvalue weighted by Crippen LogP contribution is 2.71. The Morgan fingerprint density at radius 1 is 1.00 bits per heavy atom. The highest BCUT2D eigenvalue weighted by Gasteiger charge is 2.62. The van der Waals surface area contributed by atoms with E-state index in [1.54, 1.807) is 5.57 Å². The third-order valence-electron chi connectivity index (χ3n) is 12.0. The van der Waals surface area contributed by atoms with E-state index < -0.39 is 0 Å². The van der Waals surface area contributed by atoms with Crippen molar-refractivity contribution in [2.24, 2.45) is 50.7 Å². The van der Waals surface area contributed by atoms with Crippen LogP contribution in [0.4, 0.5) is 0 Å². The van der Waals surface area contributed by atoms with Crippen molar-refractivity contribution in [2.75, 3.05) is 0 Å². The fraction of sp³-hybridized carbons (Fsp3) is 0.722. The molecule has 7 unspecified atom stereocenters. The molecule has 0 spiro atoms. The molecule has 0 aromatic carbocycles. The molecule has 4 rings (SSSR count). The molecule has 0 heterocycles. The van der Waals surface area contributed by atoms with Gasteiger partial charge >= 0.3 is 0 Å². The molecule has 200 valence electrons. The summed E-state index contributed by atoms with van der Waals surface area (Å²) in [7, 11) is 0. The van der Waals surface area contributed by atoms with E-state index in [4.69, 9.17) is 6.58 Å². The lowest BCUT2D eigenvalue weighted by atomic mass is 9.38. The SMILES string of the molecule is C=CCCC12CCC3C(C(=C)C=C4C(C)(C=C(C)C)C(C(C)(C)C=C)CCC43C)C1CC(C)(C)CC2. The first-order valence-corrected chi connectivity index (χ1v) is 15.0. The summed E-state index contributed by atoms with van der Waals surface area (Å²) in [5.74, 6) is 2.68. The maximum atomic E-state index is 4.89. The van der Waals surface area contributed by atoms with Crippen LogP contribution in [0.1, 0.15) is 113 Å². The van der Waals surface area contributed by atoms with Crippen LogP contribution >= 0.6 is 0 Å². The van der Waals surface area contributed by atoms with E-state index in [2.05, 4.69) is 92.9 Å². The van der Waals surface area contributed by atoms with Gasteiger partial charge < -0.3 is 0 Å². The van der Waals surface area contributed by atoms with Gasteiger partial charge in [0.05, 0.1) is 0 Å². The summed E-state index contributed by atoms with van der Waals surface area (Å²) in [6.45, 7) is 32.9. The first-order valence-electron chi connectivity index (χ1n) is 15.0. The summed E-state index contributed by atoms with van der Waals surface area (Å²) in [6.07, 6.45) is 21.6. The van der Waals surface area contributed by atoms with Gasteiger partial charge in [0.25, 0.3) is 0 Å². The highest BCUT2D eigenvalue weighted by atomic mass is 14.7. The third kappa shape index (κ3) is 4.27. The second-order valence-electron chi connectivity index (χ2n) is 15.5. The first kappa shape index (κ1) is 27.7. The maximum absolute atomic E-state index is 4.89. The molecule has 4 aliphatic rings. The average Bonchev–Trinajstić information content (AvgIpc) is 2.78. The predicted octanol–water partition coefficient (Wildman–Crippen LogP) is 10.9. The first-order chi connectivity index (χ1) is 16.7. The Labute approximate surface area is 224 Å². The molecule has 0 N–H and O–H groups in total. The van der Waals surface area contributed by atoms with Crippen molar-refractivity contribution in [1.29, 1.82) is 0 Å². The van der Waals surface area contributed by atoms with Crippen LogP contribution in [0.2, 0.25) is 0 Å². The van der Waals surface area contributed by atoms with Crippen molar-refractivity contribution < 1.29 is 0 Å². The minimum atomic E-state index is 0.0423. The van der Waals surface area contributed by atoms with Gasteiger partial charge in [-0.25, -0.2) is 0 Å². The van der Waals surface area contributed by atoms with Gasteiger partial charge in [-0.2, -0.15) is 0 Å². The molecule has 0 amide bonds. The van der Waals surface area contributed by atoms with Crippen LogP contribution in [0.3, 0.4) is 0 Å². The topological polar surface area (TPSA) is 0 Å². The van der Waals surface area contributed by atoms with Crippen molar-refractivity contribution >= 4 is 0 Å². The molecule has 0 aromatic heterocycles. The van der Waals surface area contributed by atoms with E-state index in [9.17, 15) is 0 Å². The second kappa shape index (κ2) is 9.17. The zero-order valence-electron chi connectivity index (χ0n) is 25.1. The van der Waals surface area contributed by atoms with E-state index in [0.29, 0.717) is 22.7 Å².